The Morgan fingerprint density at radius 3 is 1.57 bits per heavy atom. The molecule has 0 unspecified atom stereocenters. The SMILES string of the molecule is Nc1ccc2cccc(CCC(=O)CCc3cccc4ccc(N)cc34)c2c1. The van der Waals surface area contributed by atoms with Gasteiger partial charge in [-0.3, -0.25) is 4.79 Å². The lowest BCUT2D eigenvalue weighted by Crippen LogP contribution is -2.03. The van der Waals surface area contributed by atoms with E-state index in [9.17, 15) is 4.79 Å². The second-order valence-electron chi connectivity index (χ2n) is 7.33. The zero-order valence-electron chi connectivity index (χ0n) is 15.8. The van der Waals surface area contributed by atoms with Gasteiger partial charge in [0, 0.05) is 24.2 Å². The molecule has 3 nitrogen and oxygen atoms in total. The number of hydrogen-bond donors (Lipinski definition) is 2. The van der Waals surface area contributed by atoms with Crippen LogP contribution < -0.4 is 11.5 Å². The first-order chi connectivity index (χ1) is 13.6. The number of nitrogen functional groups attached to an aromatic ring is 2. The number of Topliss-reactive ketones (excluding diaryl/α,β-unsaturated/α-hetero) is 1. The molecule has 4 rings (SSSR count). The van der Waals surface area contributed by atoms with Crippen LogP contribution in [0.15, 0.2) is 72.8 Å². The average molecular weight is 368 g/mol. The highest BCUT2D eigenvalue weighted by atomic mass is 16.1. The van der Waals surface area contributed by atoms with Crippen molar-refractivity contribution in [1.82, 2.24) is 0 Å². The minimum atomic E-state index is 0.279. The second-order valence-corrected chi connectivity index (χ2v) is 7.33. The lowest BCUT2D eigenvalue weighted by atomic mass is 9.96. The van der Waals surface area contributed by atoms with Crippen LogP contribution in [-0.4, -0.2) is 5.78 Å². The van der Waals surface area contributed by atoms with Gasteiger partial charge >= 0.3 is 0 Å². The van der Waals surface area contributed by atoms with Crippen molar-refractivity contribution < 1.29 is 4.79 Å². The molecule has 0 fully saturated rings. The maximum Gasteiger partial charge on any atom is 0.133 e. The third kappa shape index (κ3) is 3.84. The maximum atomic E-state index is 12.5. The van der Waals surface area contributed by atoms with Gasteiger partial charge in [-0.25, -0.2) is 0 Å². The van der Waals surface area contributed by atoms with Crippen LogP contribution in [0.5, 0.6) is 0 Å². The molecule has 28 heavy (non-hydrogen) atoms. The molecule has 0 spiro atoms. The maximum absolute atomic E-state index is 12.5. The first-order valence-electron chi connectivity index (χ1n) is 9.66. The molecule has 140 valence electrons. The Morgan fingerprint density at radius 1 is 0.643 bits per heavy atom. The molecular weight excluding hydrogens is 344 g/mol. The molecule has 0 atom stereocenters. The van der Waals surface area contributed by atoms with Crippen LogP contribution in [0.3, 0.4) is 0 Å². The number of rotatable bonds is 6. The molecular formula is C25H24N2O. The first-order valence-corrected chi connectivity index (χ1v) is 9.66. The van der Waals surface area contributed by atoms with Gasteiger partial charge < -0.3 is 11.5 Å². The van der Waals surface area contributed by atoms with E-state index in [2.05, 4.69) is 24.3 Å². The van der Waals surface area contributed by atoms with E-state index in [4.69, 9.17) is 11.5 Å². The van der Waals surface area contributed by atoms with Crippen molar-refractivity contribution in [2.45, 2.75) is 25.7 Å². The van der Waals surface area contributed by atoms with Gasteiger partial charge in [0.25, 0.3) is 0 Å². The van der Waals surface area contributed by atoms with Crippen LogP contribution in [0, 0.1) is 0 Å². The summed E-state index contributed by atoms with van der Waals surface area (Å²) < 4.78 is 0. The number of carbonyl (C=O) groups is 1. The van der Waals surface area contributed by atoms with Crippen molar-refractivity contribution in [3.63, 3.8) is 0 Å². The summed E-state index contributed by atoms with van der Waals surface area (Å²) in [7, 11) is 0. The van der Waals surface area contributed by atoms with Gasteiger partial charge in [-0.15, -0.1) is 0 Å². The molecule has 4 aromatic rings. The third-order valence-corrected chi connectivity index (χ3v) is 5.34. The number of hydrogen-bond acceptors (Lipinski definition) is 3. The lowest BCUT2D eigenvalue weighted by molar-refractivity contribution is -0.119. The summed E-state index contributed by atoms with van der Waals surface area (Å²) in [5.41, 5.74) is 15.7. The highest BCUT2D eigenvalue weighted by Crippen LogP contribution is 2.24. The molecule has 0 bridgehead atoms. The minimum absolute atomic E-state index is 0.279. The number of anilines is 2. The summed E-state index contributed by atoms with van der Waals surface area (Å²) >= 11 is 0. The Kier molecular flexibility index (Phi) is 4.98. The molecule has 0 aliphatic rings. The summed E-state index contributed by atoms with van der Waals surface area (Å²) in [6, 6.07) is 24.3. The molecule has 4 N–H and O–H groups in total. The predicted octanol–water partition coefficient (Wildman–Crippen LogP) is 5.29. The monoisotopic (exact) mass is 368 g/mol. The largest absolute Gasteiger partial charge is 0.399 e. The van der Waals surface area contributed by atoms with Gasteiger partial charge in [0.1, 0.15) is 5.78 Å². The fourth-order valence-electron chi connectivity index (χ4n) is 3.82. The highest BCUT2D eigenvalue weighted by molar-refractivity contribution is 5.90. The fourth-order valence-corrected chi connectivity index (χ4v) is 3.82. The Balaban J connectivity index is 1.44. The smallest absolute Gasteiger partial charge is 0.133 e. The van der Waals surface area contributed by atoms with Gasteiger partial charge in [0.2, 0.25) is 0 Å². The van der Waals surface area contributed by atoms with Gasteiger partial charge in [0.05, 0.1) is 0 Å². The van der Waals surface area contributed by atoms with Crippen molar-refractivity contribution in [3.05, 3.63) is 83.9 Å². The van der Waals surface area contributed by atoms with Crippen molar-refractivity contribution in [1.29, 1.82) is 0 Å². The van der Waals surface area contributed by atoms with E-state index in [0.717, 1.165) is 45.8 Å². The molecule has 0 heterocycles. The molecule has 0 saturated heterocycles. The Morgan fingerprint density at radius 2 is 1.11 bits per heavy atom. The van der Waals surface area contributed by atoms with E-state index in [1.807, 2.05) is 48.5 Å². The normalized spacial score (nSPS) is 11.1. The van der Waals surface area contributed by atoms with Crippen molar-refractivity contribution in [2.75, 3.05) is 11.5 Å². The van der Waals surface area contributed by atoms with Gasteiger partial charge in [0.15, 0.2) is 0 Å². The Bertz CT molecular complexity index is 1070. The molecule has 0 aromatic heterocycles. The number of aryl methyl sites for hydroxylation is 2. The Labute approximate surface area is 165 Å². The van der Waals surface area contributed by atoms with Crippen LogP contribution in [-0.2, 0) is 17.6 Å². The number of carbonyl (C=O) groups excluding carboxylic acids is 1. The Hall–Kier alpha value is -3.33. The van der Waals surface area contributed by atoms with E-state index >= 15 is 0 Å². The first kappa shape index (κ1) is 18.1. The number of fused-ring (bicyclic) bond motifs is 2. The number of nitrogens with two attached hydrogens (primary N) is 2. The zero-order valence-corrected chi connectivity index (χ0v) is 15.8. The van der Waals surface area contributed by atoms with Crippen molar-refractivity contribution >= 4 is 38.7 Å². The summed E-state index contributed by atoms with van der Waals surface area (Å²) in [5.74, 6) is 0.279. The summed E-state index contributed by atoms with van der Waals surface area (Å²) in [6.45, 7) is 0. The molecule has 0 saturated carbocycles. The van der Waals surface area contributed by atoms with Crippen LogP contribution in [0.25, 0.3) is 21.5 Å². The predicted molar refractivity (Wildman–Crippen MR) is 118 cm³/mol. The van der Waals surface area contributed by atoms with Crippen molar-refractivity contribution in [3.8, 4) is 0 Å². The zero-order chi connectivity index (χ0) is 19.5. The van der Waals surface area contributed by atoms with E-state index < -0.39 is 0 Å². The lowest BCUT2D eigenvalue weighted by Gasteiger charge is -2.09. The molecule has 0 radical (unpaired) electrons. The standard InChI is InChI=1S/C25H24N2O/c26-21-11-7-17-3-1-5-19(24(17)15-21)9-13-23(28)14-10-20-6-2-4-18-8-12-22(27)16-25(18)20/h1-8,11-12,15-16H,9-10,13-14,26-27H2. The number of ketones is 1. The van der Waals surface area contributed by atoms with Crippen LogP contribution in [0.1, 0.15) is 24.0 Å². The van der Waals surface area contributed by atoms with E-state index in [-0.39, 0.29) is 5.78 Å². The summed E-state index contributed by atoms with van der Waals surface area (Å²) in [4.78, 5) is 12.5. The quantitative estimate of drug-likeness (QED) is 0.454. The van der Waals surface area contributed by atoms with Gasteiger partial charge in [-0.2, -0.15) is 0 Å². The van der Waals surface area contributed by atoms with Gasteiger partial charge in [-0.1, -0.05) is 48.5 Å². The summed E-state index contributed by atoms with van der Waals surface area (Å²) in [5, 5.41) is 4.60. The van der Waals surface area contributed by atoms with E-state index in [1.165, 1.54) is 11.1 Å². The van der Waals surface area contributed by atoms with E-state index in [1.54, 1.807) is 0 Å². The molecule has 0 aliphatic carbocycles. The van der Waals surface area contributed by atoms with Crippen molar-refractivity contribution in [2.24, 2.45) is 0 Å². The average Bonchev–Trinajstić information content (AvgIpc) is 2.70. The topological polar surface area (TPSA) is 69.1 Å². The second kappa shape index (κ2) is 7.73. The fraction of sp³-hybridized carbons (Fsp3) is 0.160. The van der Waals surface area contributed by atoms with Crippen LogP contribution in [0.2, 0.25) is 0 Å². The van der Waals surface area contributed by atoms with Crippen LogP contribution in [0.4, 0.5) is 11.4 Å². The summed E-state index contributed by atoms with van der Waals surface area (Å²) in [6.07, 6.45) is 2.56. The molecule has 3 heteroatoms. The van der Waals surface area contributed by atoms with E-state index in [0.29, 0.717) is 12.8 Å². The minimum Gasteiger partial charge on any atom is -0.399 e. The molecule has 0 aliphatic heterocycles. The number of benzene rings is 4. The van der Waals surface area contributed by atoms with Crippen LogP contribution >= 0.6 is 0 Å². The third-order valence-electron chi connectivity index (χ3n) is 5.34. The molecule has 4 aromatic carbocycles. The van der Waals surface area contributed by atoms with Gasteiger partial charge in [-0.05, 0) is 69.8 Å². The highest BCUT2D eigenvalue weighted by Gasteiger charge is 2.08. The molecule has 0 amide bonds.